The van der Waals surface area contributed by atoms with Crippen molar-refractivity contribution in [1.29, 1.82) is 0 Å². The van der Waals surface area contributed by atoms with E-state index in [1.165, 1.54) is 11.5 Å². The maximum atomic E-state index is 12.5. The molecule has 1 N–H and O–H groups in total. The number of methoxy groups -OCH3 is 3. The fourth-order valence-corrected chi connectivity index (χ4v) is 4.51. The number of hydrogen-bond donors (Lipinski definition) is 1. The van der Waals surface area contributed by atoms with Crippen molar-refractivity contribution in [2.75, 3.05) is 39.3 Å². The van der Waals surface area contributed by atoms with E-state index in [1.54, 1.807) is 21.3 Å². The van der Waals surface area contributed by atoms with Gasteiger partial charge in [0.05, 0.1) is 21.3 Å². The van der Waals surface area contributed by atoms with Crippen molar-refractivity contribution in [2.24, 2.45) is 0 Å². The number of nitrogens with zero attached hydrogens (tertiary/aromatic N) is 3. The third-order valence-electron chi connectivity index (χ3n) is 5.59. The molecule has 0 aliphatic rings. The van der Waals surface area contributed by atoms with Crippen molar-refractivity contribution in [3.8, 4) is 17.2 Å². The van der Waals surface area contributed by atoms with E-state index in [9.17, 15) is 4.79 Å². The zero-order chi connectivity index (χ0) is 25.2. The van der Waals surface area contributed by atoms with Crippen LogP contribution in [0.4, 0.5) is 5.13 Å². The van der Waals surface area contributed by atoms with Crippen molar-refractivity contribution < 1.29 is 19.0 Å². The molecular weight excluding hydrogens is 464 g/mol. The second-order valence-electron chi connectivity index (χ2n) is 8.35. The highest BCUT2D eigenvalue weighted by atomic mass is 32.1. The Morgan fingerprint density at radius 1 is 1.03 bits per heavy atom. The normalized spacial score (nSPS) is 10.8. The summed E-state index contributed by atoms with van der Waals surface area (Å²) in [5, 5.41) is 3.84. The molecule has 3 aromatic rings. The summed E-state index contributed by atoms with van der Waals surface area (Å²) < 4.78 is 20.5. The van der Waals surface area contributed by atoms with E-state index in [4.69, 9.17) is 19.2 Å². The number of anilines is 1. The number of aromatic nitrogens is 2. The maximum Gasteiger partial charge on any atom is 0.221 e. The van der Waals surface area contributed by atoms with Crippen molar-refractivity contribution in [3.05, 3.63) is 59.4 Å². The lowest BCUT2D eigenvalue weighted by atomic mass is 10.1. The van der Waals surface area contributed by atoms with E-state index in [1.807, 2.05) is 42.5 Å². The molecule has 35 heavy (non-hydrogen) atoms. The molecule has 0 saturated heterocycles. The third kappa shape index (κ3) is 7.58. The number of amides is 1. The summed E-state index contributed by atoms with van der Waals surface area (Å²) in [6, 6.07) is 13.9. The molecule has 3 rings (SSSR count). The minimum absolute atomic E-state index is 0.0113. The van der Waals surface area contributed by atoms with Crippen molar-refractivity contribution in [1.82, 2.24) is 14.7 Å². The van der Waals surface area contributed by atoms with E-state index in [0.717, 1.165) is 27.8 Å². The highest BCUT2D eigenvalue weighted by Gasteiger charge is 2.17. The van der Waals surface area contributed by atoms with Crippen LogP contribution in [-0.4, -0.2) is 55.7 Å². The van der Waals surface area contributed by atoms with Gasteiger partial charge in [0.1, 0.15) is 11.6 Å². The molecule has 0 saturated carbocycles. The number of rotatable bonds is 13. The quantitative estimate of drug-likeness (QED) is 0.379. The van der Waals surface area contributed by atoms with Crippen LogP contribution in [0.3, 0.4) is 0 Å². The van der Waals surface area contributed by atoms with E-state index in [2.05, 4.69) is 28.4 Å². The van der Waals surface area contributed by atoms with Gasteiger partial charge in [-0.25, -0.2) is 4.98 Å². The number of hydrogen-bond acceptors (Lipinski definition) is 8. The number of nitrogens with one attached hydrogen (secondary N) is 1. The van der Waals surface area contributed by atoms with Gasteiger partial charge in [-0.3, -0.25) is 4.79 Å². The summed E-state index contributed by atoms with van der Waals surface area (Å²) in [5.41, 5.74) is 2.17. The van der Waals surface area contributed by atoms with Crippen LogP contribution in [0.25, 0.3) is 0 Å². The molecule has 8 nitrogen and oxygen atoms in total. The Hall–Kier alpha value is -3.33. The molecule has 1 amide bonds. The Morgan fingerprint density at radius 3 is 2.54 bits per heavy atom. The lowest BCUT2D eigenvalue weighted by Gasteiger charge is -2.25. The highest BCUT2D eigenvalue weighted by molar-refractivity contribution is 7.09. The fraction of sp³-hybridized carbons (Fsp3) is 0.423. The van der Waals surface area contributed by atoms with Crippen molar-refractivity contribution in [3.63, 3.8) is 0 Å². The van der Waals surface area contributed by atoms with Crippen LogP contribution >= 0.6 is 11.5 Å². The van der Waals surface area contributed by atoms with Gasteiger partial charge in [0.2, 0.25) is 11.0 Å². The first-order valence-electron chi connectivity index (χ1n) is 11.6. The number of carbonyl (C=O) groups excluding carboxylic acids is 1. The number of carbonyl (C=O) groups is 1. The molecule has 1 heterocycles. The zero-order valence-corrected chi connectivity index (χ0v) is 21.9. The monoisotopic (exact) mass is 498 g/mol. The van der Waals surface area contributed by atoms with E-state index in [0.29, 0.717) is 43.9 Å². The molecule has 0 fully saturated rings. The Labute approximate surface area is 211 Å². The largest absolute Gasteiger partial charge is 0.497 e. The molecule has 0 aliphatic heterocycles. The molecule has 1 aromatic heterocycles. The summed E-state index contributed by atoms with van der Waals surface area (Å²) in [6.45, 7) is 5.32. The number of benzene rings is 2. The Balaban J connectivity index is 1.50. The van der Waals surface area contributed by atoms with Gasteiger partial charge in [-0.1, -0.05) is 18.2 Å². The van der Waals surface area contributed by atoms with Crippen molar-refractivity contribution >= 4 is 22.6 Å². The SMILES string of the molecule is COc1cccc(Cc2nsc(N(CCC(=O)NCCc3ccc(OC)c(OC)c3)C(C)C)n2)c1. The first-order chi connectivity index (χ1) is 16.9. The van der Waals surface area contributed by atoms with Crippen LogP contribution in [0.2, 0.25) is 0 Å². The van der Waals surface area contributed by atoms with Gasteiger partial charge in [-0.15, -0.1) is 0 Å². The predicted octanol–water partition coefficient (Wildman–Crippen LogP) is 4.12. The topological polar surface area (TPSA) is 85.8 Å². The van der Waals surface area contributed by atoms with Crippen LogP contribution in [-0.2, 0) is 17.6 Å². The molecular formula is C26H34N4O4S. The summed E-state index contributed by atoms with van der Waals surface area (Å²) in [6.07, 6.45) is 1.73. The number of ether oxygens (including phenoxy) is 3. The molecule has 188 valence electrons. The molecule has 0 spiro atoms. The smallest absolute Gasteiger partial charge is 0.221 e. The third-order valence-corrected chi connectivity index (χ3v) is 6.38. The Kier molecular flexibility index (Phi) is 9.72. The van der Waals surface area contributed by atoms with Crippen LogP contribution in [0.15, 0.2) is 42.5 Å². The van der Waals surface area contributed by atoms with Crippen LogP contribution in [0.1, 0.15) is 37.2 Å². The second-order valence-corrected chi connectivity index (χ2v) is 9.08. The summed E-state index contributed by atoms with van der Waals surface area (Å²) in [7, 11) is 4.89. The van der Waals surface area contributed by atoms with Crippen LogP contribution in [0.5, 0.6) is 17.2 Å². The summed E-state index contributed by atoms with van der Waals surface area (Å²) in [4.78, 5) is 19.4. The lowest BCUT2D eigenvalue weighted by molar-refractivity contribution is -0.120. The van der Waals surface area contributed by atoms with Gasteiger partial charge in [0, 0.05) is 43.5 Å². The summed E-state index contributed by atoms with van der Waals surface area (Å²) >= 11 is 1.37. The lowest BCUT2D eigenvalue weighted by Crippen LogP contribution is -2.35. The molecule has 0 aliphatic carbocycles. The van der Waals surface area contributed by atoms with Gasteiger partial charge < -0.3 is 24.4 Å². The van der Waals surface area contributed by atoms with Crippen LogP contribution in [0, 0.1) is 0 Å². The summed E-state index contributed by atoms with van der Waals surface area (Å²) in [5.74, 6) is 2.98. The zero-order valence-electron chi connectivity index (χ0n) is 21.0. The molecule has 0 unspecified atom stereocenters. The van der Waals surface area contributed by atoms with E-state index < -0.39 is 0 Å². The van der Waals surface area contributed by atoms with E-state index >= 15 is 0 Å². The first-order valence-corrected chi connectivity index (χ1v) is 12.4. The van der Waals surface area contributed by atoms with Crippen molar-refractivity contribution in [2.45, 2.75) is 39.2 Å². The van der Waals surface area contributed by atoms with Gasteiger partial charge in [-0.05, 0) is 55.7 Å². The molecule has 9 heteroatoms. The van der Waals surface area contributed by atoms with Gasteiger partial charge in [0.15, 0.2) is 11.5 Å². The Bertz CT molecular complexity index is 1100. The fourth-order valence-electron chi connectivity index (χ4n) is 3.67. The van der Waals surface area contributed by atoms with Gasteiger partial charge in [-0.2, -0.15) is 4.37 Å². The molecule has 2 aromatic carbocycles. The minimum Gasteiger partial charge on any atom is -0.497 e. The maximum absolute atomic E-state index is 12.5. The minimum atomic E-state index is 0.0113. The molecule has 0 atom stereocenters. The van der Waals surface area contributed by atoms with Crippen LogP contribution < -0.4 is 24.4 Å². The highest BCUT2D eigenvalue weighted by Crippen LogP contribution is 2.27. The van der Waals surface area contributed by atoms with Gasteiger partial charge >= 0.3 is 0 Å². The second kappa shape index (κ2) is 12.9. The standard InChI is InChI=1S/C26H34N4O4S/c1-18(2)30(26-28-24(29-35-26)17-20-7-6-8-21(15-20)32-3)14-12-25(31)27-13-11-19-9-10-22(33-4)23(16-19)34-5/h6-10,15-16,18H,11-14,17H2,1-5H3,(H,27,31). The Morgan fingerprint density at radius 2 is 1.83 bits per heavy atom. The molecule has 0 bridgehead atoms. The average molecular weight is 499 g/mol. The first kappa shape index (κ1) is 26.3. The molecule has 0 radical (unpaired) electrons. The average Bonchev–Trinajstić information content (AvgIpc) is 3.31. The van der Waals surface area contributed by atoms with E-state index in [-0.39, 0.29) is 11.9 Å². The van der Waals surface area contributed by atoms with Gasteiger partial charge in [0.25, 0.3) is 0 Å². The predicted molar refractivity (Wildman–Crippen MR) is 139 cm³/mol.